The van der Waals surface area contributed by atoms with E-state index in [1.165, 1.54) is 12.0 Å². The number of nitrogens with zero attached hydrogens (tertiary/aromatic N) is 2. The van der Waals surface area contributed by atoms with E-state index < -0.39 is 0 Å². The Morgan fingerprint density at radius 1 is 1.41 bits per heavy atom. The Labute approximate surface area is 105 Å². The monoisotopic (exact) mass is 247 g/mol. The van der Waals surface area contributed by atoms with Gasteiger partial charge in [0.05, 0.1) is 10.7 Å². The quantitative estimate of drug-likeness (QED) is 0.884. The highest BCUT2D eigenvalue weighted by molar-refractivity contribution is 6.32. The van der Waals surface area contributed by atoms with Crippen molar-refractivity contribution in [2.75, 3.05) is 13.1 Å². The van der Waals surface area contributed by atoms with Gasteiger partial charge in [-0.15, -0.1) is 0 Å². The van der Waals surface area contributed by atoms with Crippen LogP contribution in [0.3, 0.4) is 0 Å². The molecule has 0 amide bonds. The van der Waals surface area contributed by atoms with Crippen molar-refractivity contribution in [1.29, 1.82) is 0 Å². The van der Waals surface area contributed by atoms with E-state index in [4.69, 9.17) is 11.6 Å². The molecule has 1 aromatic carbocycles. The van der Waals surface area contributed by atoms with E-state index in [1.54, 1.807) is 10.9 Å². The molecule has 0 spiro atoms. The summed E-state index contributed by atoms with van der Waals surface area (Å²) < 4.78 is 1.79. The van der Waals surface area contributed by atoms with E-state index >= 15 is 0 Å². The van der Waals surface area contributed by atoms with Crippen LogP contribution in [0.1, 0.15) is 17.9 Å². The average Bonchev–Trinajstić information content (AvgIpc) is 3.02. The summed E-state index contributed by atoms with van der Waals surface area (Å²) in [7, 11) is 0. The molecule has 1 fully saturated rings. The summed E-state index contributed by atoms with van der Waals surface area (Å²) in [6.45, 7) is 2.15. The third-order valence-corrected chi connectivity index (χ3v) is 3.56. The number of hydrogen-bond acceptors (Lipinski definition) is 2. The Hall–Kier alpha value is -1.32. The Kier molecular flexibility index (Phi) is 2.87. The molecule has 0 saturated carbocycles. The van der Waals surface area contributed by atoms with E-state index in [0.29, 0.717) is 5.92 Å². The van der Waals surface area contributed by atoms with Crippen molar-refractivity contribution >= 4 is 11.6 Å². The van der Waals surface area contributed by atoms with E-state index in [9.17, 15) is 0 Å². The molecule has 1 atom stereocenters. The van der Waals surface area contributed by atoms with E-state index in [2.05, 4.69) is 22.5 Å². The summed E-state index contributed by atoms with van der Waals surface area (Å²) in [5, 5.41) is 8.33. The van der Waals surface area contributed by atoms with Crippen LogP contribution >= 0.6 is 11.6 Å². The predicted octanol–water partition coefficient (Wildman–Crippen LogP) is 2.60. The predicted molar refractivity (Wildman–Crippen MR) is 68.8 cm³/mol. The van der Waals surface area contributed by atoms with Crippen LogP contribution in [-0.2, 0) is 0 Å². The number of halogens is 1. The molecule has 0 radical (unpaired) electrons. The number of hydrogen-bond donors (Lipinski definition) is 1. The molecule has 1 saturated heterocycles. The zero-order valence-corrected chi connectivity index (χ0v) is 10.2. The van der Waals surface area contributed by atoms with Crippen LogP contribution in [0.25, 0.3) is 5.69 Å². The van der Waals surface area contributed by atoms with Crippen molar-refractivity contribution in [3.05, 3.63) is 47.2 Å². The van der Waals surface area contributed by atoms with Crippen LogP contribution in [0.2, 0.25) is 5.02 Å². The lowest BCUT2D eigenvalue weighted by Crippen LogP contribution is -2.08. The van der Waals surface area contributed by atoms with Crippen molar-refractivity contribution in [2.45, 2.75) is 12.3 Å². The van der Waals surface area contributed by atoms with Gasteiger partial charge in [-0.05, 0) is 42.6 Å². The van der Waals surface area contributed by atoms with Crippen molar-refractivity contribution in [2.24, 2.45) is 0 Å². The van der Waals surface area contributed by atoms with Gasteiger partial charge in [0.2, 0.25) is 0 Å². The summed E-state index contributed by atoms with van der Waals surface area (Å²) in [6.07, 6.45) is 4.85. The molecule has 0 aliphatic carbocycles. The maximum absolute atomic E-state index is 6.32. The molecule has 2 heterocycles. The number of aromatic nitrogens is 2. The molecular formula is C13H14ClN3. The van der Waals surface area contributed by atoms with E-state index in [1.807, 2.05) is 18.3 Å². The molecule has 88 valence electrons. The van der Waals surface area contributed by atoms with Crippen LogP contribution in [-0.4, -0.2) is 22.9 Å². The topological polar surface area (TPSA) is 29.9 Å². The molecule has 3 rings (SSSR count). The molecule has 1 aliphatic heterocycles. The van der Waals surface area contributed by atoms with Crippen LogP contribution < -0.4 is 5.32 Å². The summed E-state index contributed by atoms with van der Waals surface area (Å²) in [5.74, 6) is 0.596. The van der Waals surface area contributed by atoms with E-state index in [-0.39, 0.29) is 0 Å². The van der Waals surface area contributed by atoms with Crippen LogP contribution in [0, 0.1) is 0 Å². The number of benzene rings is 1. The summed E-state index contributed by atoms with van der Waals surface area (Å²) in [5.41, 5.74) is 2.25. The van der Waals surface area contributed by atoms with Gasteiger partial charge in [0, 0.05) is 18.9 Å². The largest absolute Gasteiger partial charge is 0.316 e. The molecule has 1 aromatic heterocycles. The van der Waals surface area contributed by atoms with Crippen molar-refractivity contribution in [3.8, 4) is 5.69 Å². The molecule has 17 heavy (non-hydrogen) atoms. The molecule has 1 unspecified atom stereocenters. The Morgan fingerprint density at radius 3 is 3.00 bits per heavy atom. The first kappa shape index (κ1) is 10.8. The Bertz CT molecular complexity index is 501. The highest BCUT2D eigenvalue weighted by Gasteiger charge is 2.17. The summed E-state index contributed by atoms with van der Waals surface area (Å²) >= 11 is 6.32. The minimum Gasteiger partial charge on any atom is -0.316 e. The zero-order chi connectivity index (χ0) is 11.7. The number of nitrogens with one attached hydrogen (secondary N) is 1. The smallest absolute Gasteiger partial charge is 0.0831 e. The maximum Gasteiger partial charge on any atom is 0.0831 e. The van der Waals surface area contributed by atoms with Crippen molar-refractivity contribution in [1.82, 2.24) is 15.1 Å². The third kappa shape index (κ3) is 2.08. The summed E-state index contributed by atoms with van der Waals surface area (Å²) in [6, 6.07) is 8.16. The van der Waals surface area contributed by atoms with Gasteiger partial charge in [-0.1, -0.05) is 17.7 Å². The highest BCUT2D eigenvalue weighted by Crippen LogP contribution is 2.28. The van der Waals surface area contributed by atoms with Gasteiger partial charge in [-0.3, -0.25) is 0 Å². The molecule has 2 aromatic rings. The fourth-order valence-corrected chi connectivity index (χ4v) is 2.59. The Morgan fingerprint density at radius 2 is 2.35 bits per heavy atom. The molecule has 0 bridgehead atoms. The van der Waals surface area contributed by atoms with Gasteiger partial charge in [-0.2, -0.15) is 5.10 Å². The van der Waals surface area contributed by atoms with Gasteiger partial charge in [0.15, 0.2) is 0 Å². The Balaban J connectivity index is 1.94. The lowest BCUT2D eigenvalue weighted by atomic mass is 9.98. The highest BCUT2D eigenvalue weighted by atomic mass is 35.5. The first-order valence-electron chi connectivity index (χ1n) is 5.85. The molecule has 3 nitrogen and oxygen atoms in total. The van der Waals surface area contributed by atoms with Gasteiger partial charge < -0.3 is 5.32 Å². The minimum atomic E-state index is 0.596. The molecular weight excluding hydrogens is 234 g/mol. The second kappa shape index (κ2) is 4.51. The van der Waals surface area contributed by atoms with Gasteiger partial charge in [0.1, 0.15) is 0 Å². The molecule has 1 N–H and O–H groups in total. The standard InChI is InChI=1S/C13H14ClN3/c14-12-8-10(11-4-6-15-9-11)2-3-13(12)17-7-1-5-16-17/h1-3,5,7-8,11,15H,4,6,9H2. The third-order valence-electron chi connectivity index (χ3n) is 3.25. The lowest BCUT2D eigenvalue weighted by molar-refractivity contribution is 0.762. The van der Waals surface area contributed by atoms with Gasteiger partial charge >= 0.3 is 0 Å². The fraction of sp³-hybridized carbons (Fsp3) is 0.308. The second-order valence-corrected chi connectivity index (χ2v) is 4.76. The van der Waals surface area contributed by atoms with E-state index in [0.717, 1.165) is 23.8 Å². The first-order valence-corrected chi connectivity index (χ1v) is 6.22. The average molecular weight is 248 g/mol. The van der Waals surface area contributed by atoms with Gasteiger partial charge in [0.25, 0.3) is 0 Å². The summed E-state index contributed by atoms with van der Waals surface area (Å²) in [4.78, 5) is 0. The van der Waals surface area contributed by atoms with Crippen LogP contribution in [0.4, 0.5) is 0 Å². The maximum atomic E-state index is 6.32. The normalized spacial score (nSPS) is 19.7. The molecule has 1 aliphatic rings. The molecule has 4 heteroatoms. The fourth-order valence-electron chi connectivity index (χ4n) is 2.31. The lowest BCUT2D eigenvalue weighted by Gasteiger charge is -2.11. The van der Waals surface area contributed by atoms with Crippen molar-refractivity contribution in [3.63, 3.8) is 0 Å². The second-order valence-electron chi connectivity index (χ2n) is 4.35. The zero-order valence-electron chi connectivity index (χ0n) is 9.44. The SMILES string of the molecule is Clc1cc(C2CCNC2)ccc1-n1cccn1. The van der Waals surface area contributed by atoms with Crippen LogP contribution in [0.15, 0.2) is 36.7 Å². The van der Waals surface area contributed by atoms with Crippen LogP contribution in [0.5, 0.6) is 0 Å². The minimum absolute atomic E-state index is 0.596. The number of rotatable bonds is 2. The first-order chi connectivity index (χ1) is 8.34. The van der Waals surface area contributed by atoms with Crippen molar-refractivity contribution < 1.29 is 0 Å². The van der Waals surface area contributed by atoms with Gasteiger partial charge in [-0.25, -0.2) is 4.68 Å².